The molecular formula is C13H29NSi. The molecule has 0 aliphatic heterocycles. The molecule has 0 spiro atoms. The van der Waals surface area contributed by atoms with Crippen molar-refractivity contribution in [1.29, 1.82) is 0 Å². The van der Waals surface area contributed by atoms with Crippen molar-refractivity contribution < 1.29 is 0 Å². The van der Waals surface area contributed by atoms with Crippen molar-refractivity contribution in [2.24, 2.45) is 0 Å². The predicted molar refractivity (Wildman–Crippen MR) is 74.4 cm³/mol. The highest BCUT2D eigenvalue weighted by molar-refractivity contribution is 6.45. The van der Waals surface area contributed by atoms with Crippen LogP contribution in [0, 0.1) is 0 Å². The average molecular weight is 227 g/mol. The number of allylic oxidation sites excluding steroid dienone is 2. The lowest BCUT2D eigenvalue weighted by Crippen LogP contribution is -2.27. The minimum atomic E-state index is 0.0494. The lowest BCUT2D eigenvalue weighted by molar-refractivity contribution is 0.289. The summed E-state index contributed by atoms with van der Waals surface area (Å²) in [4.78, 5) is 2.63. The second-order valence-corrected chi connectivity index (χ2v) is 6.99. The van der Waals surface area contributed by atoms with Crippen LogP contribution in [0.25, 0.3) is 0 Å². The van der Waals surface area contributed by atoms with Gasteiger partial charge in [0.05, 0.1) is 9.52 Å². The molecule has 0 fully saturated rings. The Labute approximate surface area is 98.8 Å². The lowest BCUT2D eigenvalue weighted by Gasteiger charge is -2.20. The Morgan fingerprint density at radius 2 is 1.47 bits per heavy atom. The van der Waals surface area contributed by atoms with Gasteiger partial charge in [-0.2, -0.15) is 0 Å². The zero-order valence-corrected chi connectivity index (χ0v) is 12.8. The first kappa shape index (κ1) is 14.9. The predicted octanol–water partition coefficient (Wildman–Crippen LogP) is 3.01. The summed E-state index contributed by atoms with van der Waals surface area (Å²) in [5.74, 6) is 0. The maximum absolute atomic E-state index is 2.63. The molecule has 0 heterocycles. The molecule has 90 valence electrons. The summed E-state index contributed by atoms with van der Waals surface area (Å²) in [5.41, 5.74) is 1.55. The fourth-order valence-corrected chi connectivity index (χ4v) is 3.42. The Morgan fingerprint density at radius 1 is 0.933 bits per heavy atom. The second kappa shape index (κ2) is 9.17. The van der Waals surface area contributed by atoms with E-state index in [9.17, 15) is 0 Å². The molecule has 0 unspecified atom stereocenters. The van der Waals surface area contributed by atoms with E-state index in [0.29, 0.717) is 0 Å². The third-order valence-electron chi connectivity index (χ3n) is 2.96. The molecule has 0 atom stereocenters. The largest absolute Gasteiger partial charge is 0.304 e. The van der Waals surface area contributed by atoms with Crippen LogP contribution < -0.4 is 0 Å². The fourth-order valence-electron chi connectivity index (χ4n) is 1.79. The van der Waals surface area contributed by atoms with Crippen molar-refractivity contribution in [1.82, 2.24) is 4.90 Å². The third kappa shape index (κ3) is 7.80. The van der Waals surface area contributed by atoms with Gasteiger partial charge in [0.25, 0.3) is 0 Å². The Morgan fingerprint density at radius 3 is 1.87 bits per heavy atom. The molecule has 0 rings (SSSR count). The quantitative estimate of drug-likeness (QED) is 0.576. The van der Waals surface area contributed by atoms with Crippen LogP contribution in [0.5, 0.6) is 0 Å². The van der Waals surface area contributed by atoms with Gasteiger partial charge in [-0.1, -0.05) is 24.6 Å². The molecule has 0 aliphatic rings. The average Bonchev–Trinajstić information content (AvgIpc) is 2.18. The summed E-state index contributed by atoms with van der Waals surface area (Å²) < 4.78 is 0. The Kier molecular flexibility index (Phi) is 9.11. The van der Waals surface area contributed by atoms with Gasteiger partial charge in [0, 0.05) is 0 Å². The molecular weight excluding hydrogens is 198 g/mol. The summed E-state index contributed by atoms with van der Waals surface area (Å²) in [7, 11) is 0.0494. The molecule has 0 saturated heterocycles. The Hall–Kier alpha value is -0.0831. The topological polar surface area (TPSA) is 3.24 Å². The van der Waals surface area contributed by atoms with E-state index >= 15 is 0 Å². The van der Waals surface area contributed by atoms with Gasteiger partial charge in [0.15, 0.2) is 0 Å². The molecule has 0 aromatic heterocycles. The molecule has 15 heavy (non-hydrogen) atoms. The SMILES string of the molecule is CCCN(CCC)CC[SiH2]C(C)=C(C)C. The third-order valence-corrected chi connectivity index (χ3v) is 5.09. The van der Waals surface area contributed by atoms with E-state index in [2.05, 4.69) is 39.5 Å². The van der Waals surface area contributed by atoms with Crippen LogP contribution in [-0.4, -0.2) is 34.1 Å². The van der Waals surface area contributed by atoms with E-state index in [1.165, 1.54) is 38.5 Å². The first-order chi connectivity index (χ1) is 7.11. The molecule has 0 bridgehead atoms. The summed E-state index contributed by atoms with van der Waals surface area (Å²) in [6.07, 6.45) is 2.59. The van der Waals surface area contributed by atoms with Gasteiger partial charge >= 0.3 is 0 Å². The van der Waals surface area contributed by atoms with Crippen LogP contribution in [0.4, 0.5) is 0 Å². The van der Waals surface area contributed by atoms with Crippen molar-refractivity contribution >= 4 is 9.52 Å². The minimum Gasteiger partial charge on any atom is -0.304 e. The molecule has 0 aromatic carbocycles. The van der Waals surface area contributed by atoms with Gasteiger partial charge in [-0.05, 0) is 59.3 Å². The van der Waals surface area contributed by atoms with E-state index in [0.717, 1.165) is 0 Å². The van der Waals surface area contributed by atoms with E-state index in [4.69, 9.17) is 0 Å². The van der Waals surface area contributed by atoms with Crippen molar-refractivity contribution in [3.8, 4) is 0 Å². The highest BCUT2D eigenvalue weighted by Gasteiger charge is 2.02. The van der Waals surface area contributed by atoms with E-state index in [1.54, 1.807) is 10.8 Å². The second-order valence-electron chi connectivity index (χ2n) is 4.73. The molecule has 0 amide bonds. The monoisotopic (exact) mass is 227 g/mol. The van der Waals surface area contributed by atoms with Gasteiger partial charge in [-0.15, -0.1) is 0 Å². The molecule has 0 N–H and O–H groups in total. The molecule has 0 radical (unpaired) electrons. The lowest BCUT2D eigenvalue weighted by atomic mass is 10.3. The zero-order chi connectivity index (χ0) is 11.7. The van der Waals surface area contributed by atoms with Crippen LogP contribution in [0.1, 0.15) is 47.5 Å². The highest BCUT2D eigenvalue weighted by Crippen LogP contribution is 2.03. The summed E-state index contributed by atoms with van der Waals surface area (Å²) in [5, 5.41) is 1.71. The number of nitrogens with zero attached hydrogens (tertiary/aromatic N) is 1. The molecule has 0 aliphatic carbocycles. The first-order valence-electron chi connectivity index (χ1n) is 6.47. The highest BCUT2D eigenvalue weighted by atomic mass is 28.2. The fraction of sp³-hybridized carbons (Fsp3) is 0.846. The van der Waals surface area contributed by atoms with E-state index in [1.807, 2.05) is 0 Å². The smallest absolute Gasteiger partial charge is 0.0503 e. The van der Waals surface area contributed by atoms with Crippen molar-refractivity contribution in [2.75, 3.05) is 19.6 Å². The van der Waals surface area contributed by atoms with Crippen LogP contribution in [0.3, 0.4) is 0 Å². The van der Waals surface area contributed by atoms with Crippen LogP contribution in [0.15, 0.2) is 10.8 Å². The van der Waals surface area contributed by atoms with Gasteiger partial charge in [-0.3, -0.25) is 0 Å². The normalized spacial score (nSPS) is 11.6. The van der Waals surface area contributed by atoms with Gasteiger partial charge in [0.1, 0.15) is 0 Å². The van der Waals surface area contributed by atoms with Crippen molar-refractivity contribution in [3.05, 3.63) is 10.8 Å². The Bertz CT molecular complexity index is 177. The first-order valence-corrected chi connectivity index (χ1v) is 8.17. The van der Waals surface area contributed by atoms with Gasteiger partial charge in [-0.25, -0.2) is 0 Å². The van der Waals surface area contributed by atoms with Crippen LogP contribution in [-0.2, 0) is 0 Å². The maximum Gasteiger partial charge on any atom is 0.0503 e. The van der Waals surface area contributed by atoms with E-state index in [-0.39, 0.29) is 9.52 Å². The van der Waals surface area contributed by atoms with Crippen molar-refractivity contribution in [3.63, 3.8) is 0 Å². The van der Waals surface area contributed by atoms with Gasteiger partial charge in [0.2, 0.25) is 0 Å². The van der Waals surface area contributed by atoms with Gasteiger partial charge < -0.3 is 4.90 Å². The summed E-state index contributed by atoms with van der Waals surface area (Å²) in [6, 6.07) is 1.46. The summed E-state index contributed by atoms with van der Waals surface area (Å²) in [6.45, 7) is 15.3. The number of hydrogen-bond donors (Lipinski definition) is 0. The summed E-state index contributed by atoms with van der Waals surface area (Å²) >= 11 is 0. The van der Waals surface area contributed by atoms with Crippen molar-refractivity contribution in [2.45, 2.75) is 53.5 Å². The number of rotatable bonds is 8. The van der Waals surface area contributed by atoms with E-state index < -0.39 is 0 Å². The number of hydrogen-bond acceptors (Lipinski definition) is 1. The molecule has 1 nitrogen and oxygen atoms in total. The molecule has 0 saturated carbocycles. The minimum absolute atomic E-state index is 0.0494. The standard InChI is InChI=1S/C13H29NSi/c1-6-8-14(9-7-2)10-11-15-13(5)12(3)4/h6-11,15H2,1-5H3. The molecule has 0 aromatic rings. The van der Waals surface area contributed by atoms with Crippen LogP contribution >= 0.6 is 0 Å². The maximum atomic E-state index is 2.63. The molecule has 2 heteroatoms. The van der Waals surface area contributed by atoms with Crippen LogP contribution in [0.2, 0.25) is 6.04 Å². The zero-order valence-electron chi connectivity index (χ0n) is 11.4. The Balaban J connectivity index is 3.75.